The number of nitrogens with one attached hydrogen (secondary N) is 1. The first-order valence-electron chi connectivity index (χ1n) is 8.34. The second-order valence-corrected chi connectivity index (χ2v) is 5.99. The Bertz CT molecular complexity index is 802. The minimum atomic E-state index is -1.08. The molecule has 0 spiro atoms. The number of halogens is 1. The van der Waals surface area contributed by atoms with Gasteiger partial charge in [0.25, 0.3) is 5.91 Å². The van der Waals surface area contributed by atoms with Crippen LogP contribution in [-0.2, 0) is 4.79 Å². The van der Waals surface area contributed by atoms with Gasteiger partial charge in [-0.2, -0.15) is 0 Å². The molecule has 0 atom stereocenters. The molecule has 0 radical (unpaired) electrons. The average Bonchev–Trinajstić information content (AvgIpc) is 3.16. The number of nitrogens with zero attached hydrogens (tertiary/aromatic N) is 1. The largest absolute Gasteiger partial charge is 0.482 e. The van der Waals surface area contributed by atoms with E-state index in [1.807, 2.05) is 0 Å². The highest BCUT2D eigenvalue weighted by atomic mass is 19.1. The Hall–Kier alpha value is -3.09. The van der Waals surface area contributed by atoms with E-state index < -0.39 is 24.3 Å². The Balaban J connectivity index is 1.74. The second kappa shape index (κ2) is 7.86. The van der Waals surface area contributed by atoms with Crippen molar-refractivity contribution in [2.24, 2.45) is 0 Å². The zero-order valence-electron chi connectivity index (χ0n) is 14.1. The van der Waals surface area contributed by atoms with Gasteiger partial charge in [0, 0.05) is 18.7 Å². The molecule has 3 rings (SSSR count). The third-order valence-electron chi connectivity index (χ3n) is 4.16. The molecular formula is C19H19FN2O4. The van der Waals surface area contributed by atoms with Crippen LogP contribution in [0.1, 0.15) is 23.2 Å². The lowest BCUT2D eigenvalue weighted by atomic mass is 10.2. The van der Waals surface area contributed by atoms with Gasteiger partial charge in [0.05, 0.1) is 5.69 Å². The molecule has 1 aliphatic rings. The first-order chi connectivity index (χ1) is 12.5. The SMILES string of the molecule is O=C(O)COc1ccc(C(=O)Nc2c(F)cccc2N2CCCC2)cc1. The smallest absolute Gasteiger partial charge is 0.341 e. The number of hydrogen-bond donors (Lipinski definition) is 2. The molecule has 0 unspecified atom stereocenters. The Kier molecular flexibility index (Phi) is 5.36. The van der Waals surface area contributed by atoms with Crippen molar-refractivity contribution >= 4 is 23.3 Å². The minimum Gasteiger partial charge on any atom is -0.482 e. The maximum Gasteiger partial charge on any atom is 0.341 e. The maximum absolute atomic E-state index is 14.3. The highest BCUT2D eigenvalue weighted by molar-refractivity contribution is 6.06. The van der Waals surface area contributed by atoms with Gasteiger partial charge >= 0.3 is 5.97 Å². The van der Waals surface area contributed by atoms with Crippen LogP contribution >= 0.6 is 0 Å². The second-order valence-electron chi connectivity index (χ2n) is 5.99. The van der Waals surface area contributed by atoms with Crippen molar-refractivity contribution in [2.75, 3.05) is 29.9 Å². The molecule has 7 heteroatoms. The molecule has 1 aliphatic heterocycles. The molecule has 136 valence electrons. The summed E-state index contributed by atoms with van der Waals surface area (Å²) in [5.41, 5.74) is 1.17. The van der Waals surface area contributed by atoms with E-state index in [9.17, 15) is 14.0 Å². The number of carbonyl (C=O) groups is 2. The Morgan fingerprint density at radius 1 is 1.12 bits per heavy atom. The molecule has 1 amide bonds. The number of rotatable bonds is 6. The zero-order valence-corrected chi connectivity index (χ0v) is 14.1. The Morgan fingerprint density at radius 2 is 1.81 bits per heavy atom. The quantitative estimate of drug-likeness (QED) is 0.829. The summed E-state index contributed by atoms with van der Waals surface area (Å²) in [6.45, 7) is 1.21. The van der Waals surface area contributed by atoms with Crippen LogP contribution < -0.4 is 15.0 Å². The van der Waals surface area contributed by atoms with Gasteiger partial charge in [-0.15, -0.1) is 0 Å². The molecule has 1 saturated heterocycles. The fourth-order valence-electron chi connectivity index (χ4n) is 2.89. The molecule has 26 heavy (non-hydrogen) atoms. The van der Waals surface area contributed by atoms with Gasteiger partial charge in [-0.1, -0.05) is 6.07 Å². The summed E-state index contributed by atoms with van der Waals surface area (Å²) in [7, 11) is 0. The highest BCUT2D eigenvalue weighted by Crippen LogP contribution is 2.31. The van der Waals surface area contributed by atoms with Gasteiger partial charge < -0.3 is 20.1 Å². The molecule has 6 nitrogen and oxygen atoms in total. The van der Waals surface area contributed by atoms with Crippen LogP contribution in [-0.4, -0.2) is 36.7 Å². The van der Waals surface area contributed by atoms with E-state index in [2.05, 4.69) is 10.2 Å². The number of anilines is 2. The van der Waals surface area contributed by atoms with E-state index in [0.29, 0.717) is 17.0 Å². The molecule has 1 heterocycles. The summed E-state index contributed by atoms with van der Waals surface area (Å²) in [4.78, 5) is 25.0. The molecular weight excluding hydrogens is 339 g/mol. The number of benzene rings is 2. The van der Waals surface area contributed by atoms with Crippen LogP contribution in [0.25, 0.3) is 0 Å². The number of amides is 1. The lowest BCUT2D eigenvalue weighted by Crippen LogP contribution is -2.22. The molecule has 0 aromatic heterocycles. The molecule has 2 N–H and O–H groups in total. The van der Waals surface area contributed by atoms with E-state index in [0.717, 1.165) is 25.9 Å². The van der Waals surface area contributed by atoms with Gasteiger partial charge in [0.2, 0.25) is 0 Å². The van der Waals surface area contributed by atoms with Crippen LogP contribution in [0.2, 0.25) is 0 Å². The summed E-state index contributed by atoms with van der Waals surface area (Å²) >= 11 is 0. The number of carboxylic acids is 1. The number of hydrogen-bond acceptors (Lipinski definition) is 4. The topological polar surface area (TPSA) is 78.9 Å². The molecule has 0 bridgehead atoms. The van der Waals surface area contributed by atoms with Gasteiger partial charge in [0.15, 0.2) is 6.61 Å². The number of carbonyl (C=O) groups excluding carboxylic acids is 1. The molecule has 0 aliphatic carbocycles. The van der Waals surface area contributed by atoms with E-state index >= 15 is 0 Å². The molecule has 1 fully saturated rings. The Labute approximate surface area is 150 Å². The van der Waals surface area contributed by atoms with E-state index in [-0.39, 0.29) is 5.69 Å². The van der Waals surface area contributed by atoms with E-state index in [1.165, 1.54) is 30.3 Å². The average molecular weight is 358 g/mol. The van der Waals surface area contributed by atoms with E-state index in [1.54, 1.807) is 12.1 Å². The minimum absolute atomic E-state index is 0.172. The summed E-state index contributed by atoms with van der Waals surface area (Å²) in [5.74, 6) is -1.67. The summed E-state index contributed by atoms with van der Waals surface area (Å²) < 4.78 is 19.3. The zero-order chi connectivity index (χ0) is 18.5. The monoisotopic (exact) mass is 358 g/mol. The van der Waals surface area contributed by atoms with Crippen molar-refractivity contribution in [3.63, 3.8) is 0 Å². The normalized spacial score (nSPS) is 13.5. The third-order valence-corrected chi connectivity index (χ3v) is 4.16. The van der Waals surface area contributed by atoms with Crippen LogP contribution in [0.5, 0.6) is 5.75 Å². The summed E-state index contributed by atoms with van der Waals surface area (Å²) in [6.07, 6.45) is 2.09. The first kappa shape index (κ1) is 17.7. The summed E-state index contributed by atoms with van der Waals surface area (Å²) in [6, 6.07) is 10.8. The van der Waals surface area contributed by atoms with Crippen molar-refractivity contribution in [3.8, 4) is 5.75 Å². The standard InChI is InChI=1S/C19H19FN2O4/c20-15-4-3-5-16(22-10-1-2-11-22)18(15)21-19(25)13-6-8-14(9-7-13)26-12-17(23)24/h3-9H,1-2,10-12H2,(H,21,25)(H,23,24). The first-order valence-corrected chi connectivity index (χ1v) is 8.34. The highest BCUT2D eigenvalue weighted by Gasteiger charge is 2.20. The fraction of sp³-hybridized carbons (Fsp3) is 0.263. The van der Waals surface area contributed by atoms with Crippen LogP contribution in [0.3, 0.4) is 0 Å². The summed E-state index contributed by atoms with van der Waals surface area (Å²) in [5, 5.41) is 11.2. The lowest BCUT2D eigenvalue weighted by molar-refractivity contribution is -0.139. The molecule has 2 aromatic carbocycles. The van der Waals surface area contributed by atoms with Crippen molar-refractivity contribution in [1.29, 1.82) is 0 Å². The van der Waals surface area contributed by atoms with Crippen molar-refractivity contribution in [3.05, 3.63) is 53.8 Å². The van der Waals surface area contributed by atoms with Crippen LogP contribution in [0.15, 0.2) is 42.5 Å². The predicted molar refractivity (Wildman–Crippen MR) is 95.4 cm³/mol. The van der Waals surface area contributed by atoms with Crippen LogP contribution in [0, 0.1) is 5.82 Å². The van der Waals surface area contributed by atoms with Crippen molar-refractivity contribution in [2.45, 2.75) is 12.8 Å². The number of carboxylic acid groups (broad SMARTS) is 1. The third kappa shape index (κ3) is 4.11. The van der Waals surface area contributed by atoms with Gasteiger partial charge in [-0.25, -0.2) is 9.18 Å². The molecule has 2 aromatic rings. The van der Waals surface area contributed by atoms with Crippen molar-refractivity contribution < 1.29 is 23.8 Å². The Morgan fingerprint density at radius 3 is 2.46 bits per heavy atom. The lowest BCUT2D eigenvalue weighted by Gasteiger charge is -2.22. The number of aliphatic carboxylic acids is 1. The van der Waals surface area contributed by atoms with E-state index in [4.69, 9.17) is 9.84 Å². The molecule has 0 saturated carbocycles. The fourth-order valence-corrected chi connectivity index (χ4v) is 2.89. The van der Waals surface area contributed by atoms with Gasteiger partial charge in [-0.05, 0) is 49.2 Å². The van der Waals surface area contributed by atoms with Crippen molar-refractivity contribution in [1.82, 2.24) is 0 Å². The van der Waals surface area contributed by atoms with Crippen LogP contribution in [0.4, 0.5) is 15.8 Å². The number of para-hydroxylation sites is 1. The van der Waals surface area contributed by atoms with Gasteiger partial charge in [0.1, 0.15) is 17.3 Å². The maximum atomic E-state index is 14.3. The van der Waals surface area contributed by atoms with Gasteiger partial charge in [-0.3, -0.25) is 4.79 Å². The number of ether oxygens (including phenoxy) is 1. The predicted octanol–water partition coefficient (Wildman–Crippen LogP) is 3.14.